The van der Waals surface area contributed by atoms with Gasteiger partial charge in [-0.25, -0.2) is 0 Å². The molecule has 6 heteroatoms. The van der Waals surface area contributed by atoms with Crippen LogP contribution in [-0.4, -0.2) is 35.7 Å². The van der Waals surface area contributed by atoms with Crippen molar-refractivity contribution in [3.8, 4) is 0 Å². The number of carboxylic acid groups (broad SMARTS) is 1. The predicted octanol–water partition coefficient (Wildman–Crippen LogP) is 2.60. The van der Waals surface area contributed by atoms with Gasteiger partial charge in [0.25, 0.3) is 0 Å². The summed E-state index contributed by atoms with van der Waals surface area (Å²) in [7, 11) is 0. The van der Waals surface area contributed by atoms with E-state index in [1.807, 2.05) is 0 Å². The van der Waals surface area contributed by atoms with Crippen molar-refractivity contribution in [2.75, 3.05) is 13.2 Å². The van der Waals surface area contributed by atoms with Crippen molar-refractivity contribution in [2.45, 2.75) is 50.5 Å². The van der Waals surface area contributed by atoms with Gasteiger partial charge in [0.2, 0.25) is 5.91 Å². The van der Waals surface area contributed by atoms with Crippen LogP contribution in [0.1, 0.15) is 43.4 Å². The first-order valence-corrected chi connectivity index (χ1v) is 8.61. The highest BCUT2D eigenvalue weighted by Gasteiger charge is 2.38. The van der Waals surface area contributed by atoms with Crippen LogP contribution in [0.25, 0.3) is 0 Å². The molecule has 1 aromatic rings. The van der Waals surface area contributed by atoms with Crippen LogP contribution in [0.15, 0.2) is 17.5 Å². The maximum Gasteiger partial charge on any atom is 0.305 e. The number of unbranched alkanes of at least 4 members (excludes halogenated alkanes) is 2. The molecule has 2 N–H and O–H groups in total. The molecule has 1 fully saturated rings. The Kier molecular flexibility index (Phi) is 6.39. The van der Waals surface area contributed by atoms with E-state index < -0.39 is 11.5 Å². The molecule has 5 nitrogen and oxygen atoms in total. The number of aliphatic carboxylic acids is 1. The molecule has 0 bridgehead atoms. The number of ether oxygens (including phenoxy) is 1. The summed E-state index contributed by atoms with van der Waals surface area (Å²) >= 11 is 1.76. The van der Waals surface area contributed by atoms with Crippen LogP contribution in [0.2, 0.25) is 0 Å². The topological polar surface area (TPSA) is 75.6 Å². The Morgan fingerprint density at radius 2 is 2.23 bits per heavy atom. The second kappa shape index (κ2) is 8.29. The number of rotatable bonds is 9. The molecular formula is C16H23NO4S. The summed E-state index contributed by atoms with van der Waals surface area (Å²) in [5.41, 5.74) is -0.708. The predicted molar refractivity (Wildman–Crippen MR) is 85.1 cm³/mol. The Labute approximate surface area is 134 Å². The van der Waals surface area contributed by atoms with Crippen molar-refractivity contribution in [1.29, 1.82) is 0 Å². The lowest BCUT2D eigenvalue weighted by molar-refractivity contribution is -0.139. The van der Waals surface area contributed by atoms with Crippen molar-refractivity contribution in [3.63, 3.8) is 0 Å². The zero-order valence-corrected chi connectivity index (χ0v) is 13.5. The van der Waals surface area contributed by atoms with Crippen molar-refractivity contribution < 1.29 is 19.4 Å². The molecule has 0 aliphatic carbocycles. The van der Waals surface area contributed by atoms with Gasteiger partial charge in [-0.1, -0.05) is 12.5 Å². The molecule has 22 heavy (non-hydrogen) atoms. The van der Waals surface area contributed by atoms with Crippen LogP contribution in [0, 0.1) is 0 Å². The number of aryl methyl sites for hydroxylation is 1. The van der Waals surface area contributed by atoms with Gasteiger partial charge < -0.3 is 15.2 Å². The second-order valence-corrected chi connectivity index (χ2v) is 6.87. The maximum atomic E-state index is 12.0. The smallest absolute Gasteiger partial charge is 0.305 e. The van der Waals surface area contributed by atoms with E-state index in [0.29, 0.717) is 26.1 Å². The number of carbonyl (C=O) groups excluding carboxylic acids is 1. The molecule has 1 amide bonds. The van der Waals surface area contributed by atoms with Crippen molar-refractivity contribution in [3.05, 3.63) is 22.4 Å². The van der Waals surface area contributed by atoms with Gasteiger partial charge in [-0.05, 0) is 37.1 Å². The maximum absolute atomic E-state index is 12.0. The van der Waals surface area contributed by atoms with E-state index in [0.717, 1.165) is 25.7 Å². The molecule has 1 aromatic heterocycles. The Balaban J connectivity index is 1.65. The summed E-state index contributed by atoms with van der Waals surface area (Å²) in [4.78, 5) is 24.4. The van der Waals surface area contributed by atoms with Crippen LogP contribution in [-0.2, 0) is 20.7 Å². The molecule has 0 radical (unpaired) electrons. The number of nitrogens with one attached hydrogen (secondary N) is 1. The van der Waals surface area contributed by atoms with Gasteiger partial charge in [0.1, 0.15) is 0 Å². The second-order valence-electron chi connectivity index (χ2n) is 5.84. The number of hydrogen-bond acceptors (Lipinski definition) is 4. The summed E-state index contributed by atoms with van der Waals surface area (Å²) in [6.45, 7) is 0.803. The molecule has 2 heterocycles. The lowest BCUT2D eigenvalue weighted by atomic mass is 9.94. The number of carbonyl (C=O) groups is 2. The highest BCUT2D eigenvalue weighted by Crippen LogP contribution is 2.23. The molecule has 0 spiro atoms. The summed E-state index contributed by atoms with van der Waals surface area (Å²) in [5, 5.41) is 13.9. The third kappa shape index (κ3) is 5.42. The Morgan fingerprint density at radius 1 is 1.36 bits per heavy atom. The van der Waals surface area contributed by atoms with E-state index in [1.54, 1.807) is 11.3 Å². The summed E-state index contributed by atoms with van der Waals surface area (Å²) < 4.78 is 5.27. The fourth-order valence-corrected chi connectivity index (χ4v) is 3.50. The monoisotopic (exact) mass is 325 g/mol. The standard InChI is InChI=1S/C16H23NO4S/c18-14(7-3-1-2-5-13-6-4-10-22-13)17-16(11-15(19)20)8-9-21-12-16/h4,6,10H,1-3,5,7-9,11-12H2,(H,17,18)(H,19,20). The lowest BCUT2D eigenvalue weighted by Crippen LogP contribution is -2.50. The van der Waals surface area contributed by atoms with Crippen molar-refractivity contribution in [1.82, 2.24) is 5.32 Å². The van der Waals surface area contributed by atoms with E-state index in [9.17, 15) is 9.59 Å². The number of hydrogen-bond donors (Lipinski definition) is 2. The van der Waals surface area contributed by atoms with Crippen LogP contribution >= 0.6 is 11.3 Å². The summed E-state index contributed by atoms with van der Waals surface area (Å²) in [6.07, 6.45) is 4.94. The molecule has 1 atom stereocenters. The van der Waals surface area contributed by atoms with E-state index in [1.165, 1.54) is 4.88 Å². The molecule has 0 saturated carbocycles. The van der Waals surface area contributed by atoms with Crippen LogP contribution < -0.4 is 5.32 Å². The minimum Gasteiger partial charge on any atom is -0.481 e. The van der Waals surface area contributed by atoms with Crippen LogP contribution in [0.4, 0.5) is 0 Å². The zero-order valence-electron chi connectivity index (χ0n) is 12.7. The lowest BCUT2D eigenvalue weighted by Gasteiger charge is -2.27. The SMILES string of the molecule is O=C(O)CC1(NC(=O)CCCCCc2cccs2)CCOC1. The number of thiophene rings is 1. The van der Waals surface area contributed by atoms with Crippen molar-refractivity contribution >= 4 is 23.2 Å². The normalized spacial score (nSPS) is 20.9. The Bertz CT molecular complexity index is 480. The van der Waals surface area contributed by atoms with Crippen LogP contribution in [0.5, 0.6) is 0 Å². The highest BCUT2D eigenvalue weighted by atomic mass is 32.1. The summed E-state index contributed by atoms with van der Waals surface area (Å²) in [5.74, 6) is -0.968. The quantitative estimate of drug-likeness (QED) is 0.684. The number of carboxylic acids is 1. The molecule has 2 rings (SSSR count). The third-order valence-corrected chi connectivity index (χ3v) is 4.84. The van der Waals surface area contributed by atoms with E-state index >= 15 is 0 Å². The van der Waals surface area contributed by atoms with Gasteiger partial charge in [0.05, 0.1) is 18.6 Å². The van der Waals surface area contributed by atoms with Gasteiger partial charge in [0.15, 0.2) is 0 Å². The third-order valence-electron chi connectivity index (χ3n) is 3.90. The Hall–Kier alpha value is -1.40. The minimum atomic E-state index is -0.901. The van der Waals surface area contributed by atoms with Crippen LogP contribution in [0.3, 0.4) is 0 Å². The van der Waals surface area contributed by atoms with Gasteiger partial charge >= 0.3 is 5.97 Å². The van der Waals surface area contributed by atoms with E-state index in [2.05, 4.69) is 22.8 Å². The van der Waals surface area contributed by atoms with Gasteiger partial charge in [-0.3, -0.25) is 9.59 Å². The first kappa shape index (κ1) is 17.0. The largest absolute Gasteiger partial charge is 0.481 e. The van der Waals surface area contributed by atoms with E-state index in [4.69, 9.17) is 9.84 Å². The summed E-state index contributed by atoms with van der Waals surface area (Å²) in [6, 6.07) is 4.19. The molecule has 1 unspecified atom stereocenters. The van der Waals surface area contributed by atoms with Gasteiger partial charge in [-0.15, -0.1) is 11.3 Å². The Morgan fingerprint density at radius 3 is 2.86 bits per heavy atom. The molecule has 1 saturated heterocycles. The minimum absolute atomic E-state index is 0.0668. The van der Waals surface area contributed by atoms with Gasteiger partial charge in [0, 0.05) is 17.9 Å². The average Bonchev–Trinajstić information content (AvgIpc) is 3.09. The molecule has 1 aliphatic rings. The first-order chi connectivity index (χ1) is 10.6. The van der Waals surface area contributed by atoms with E-state index in [-0.39, 0.29) is 12.3 Å². The van der Waals surface area contributed by atoms with Crippen molar-refractivity contribution in [2.24, 2.45) is 0 Å². The number of amides is 1. The first-order valence-electron chi connectivity index (χ1n) is 7.73. The zero-order chi connectivity index (χ0) is 15.8. The fourth-order valence-electron chi connectivity index (χ4n) is 2.75. The van der Waals surface area contributed by atoms with Gasteiger partial charge in [-0.2, -0.15) is 0 Å². The molecule has 0 aromatic carbocycles. The molecule has 122 valence electrons. The molecular weight excluding hydrogens is 302 g/mol. The fraction of sp³-hybridized carbons (Fsp3) is 0.625. The molecule has 1 aliphatic heterocycles. The average molecular weight is 325 g/mol. The highest BCUT2D eigenvalue weighted by molar-refractivity contribution is 7.09.